The zero-order valence-electron chi connectivity index (χ0n) is 12.6. The number of pyridine rings is 1. The molecule has 0 saturated heterocycles. The van der Waals surface area contributed by atoms with Gasteiger partial charge in [0.25, 0.3) is 5.91 Å². The molecule has 1 aromatic heterocycles. The van der Waals surface area contributed by atoms with Crippen LogP contribution >= 0.6 is 24.8 Å². The molecule has 0 spiro atoms. The van der Waals surface area contributed by atoms with E-state index in [4.69, 9.17) is 0 Å². The summed E-state index contributed by atoms with van der Waals surface area (Å²) in [4.78, 5) is 16.4. The fourth-order valence-corrected chi connectivity index (χ4v) is 1.96. The Morgan fingerprint density at radius 3 is 2.55 bits per heavy atom. The first-order valence-corrected chi connectivity index (χ1v) is 6.74. The van der Waals surface area contributed by atoms with Crippen molar-refractivity contribution in [2.75, 3.05) is 11.9 Å². The maximum absolute atomic E-state index is 12.3. The van der Waals surface area contributed by atoms with Crippen molar-refractivity contribution in [2.45, 2.75) is 20.4 Å². The van der Waals surface area contributed by atoms with E-state index >= 15 is 0 Å². The Kier molecular flexibility index (Phi) is 9.42. The van der Waals surface area contributed by atoms with Crippen LogP contribution in [0.4, 0.5) is 5.69 Å². The van der Waals surface area contributed by atoms with Crippen molar-refractivity contribution in [3.8, 4) is 0 Å². The number of hydrogen-bond acceptors (Lipinski definition) is 3. The number of halogens is 2. The maximum Gasteiger partial charge on any atom is 0.274 e. The van der Waals surface area contributed by atoms with E-state index in [-0.39, 0.29) is 30.7 Å². The second-order valence-electron chi connectivity index (χ2n) is 4.56. The average Bonchev–Trinajstić information content (AvgIpc) is 2.46. The lowest BCUT2D eigenvalue weighted by Gasteiger charge is -2.11. The molecule has 0 aliphatic rings. The topological polar surface area (TPSA) is 54.0 Å². The van der Waals surface area contributed by atoms with Crippen molar-refractivity contribution in [1.82, 2.24) is 10.3 Å². The number of amides is 1. The highest BCUT2D eigenvalue weighted by molar-refractivity contribution is 6.04. The molecule has 0 aliphatic carbocycles. The minimum atomic E-state index is -0.174. The number of rotatable bonds is 5. The maximum atomic E-state index is 12.3. The third-order valence-electron chi connectivity index (χ3n) is 3.06. The van der Waals surface area contributed by atoms with E-state index in [9.17, 15) is 4.79 Å². The molecule has 4 nitrogen and oxygen atoms in total. The van der Waals surface area contributed by atoms with Crippen LogP contribution in [0.25, 0.3) is 0 Å². The Bertz CT molecular complexity index is 605. The molecule has 0 fully saturated rings. The highest BCUT2D eigenvalue weighted by atomic mass is 35.5. The van der Waals surface area contributed by atoms with Gasteiger partial charge in [0.2, 0.25) is 0 Å². The molecular formula is C16H21Cl2N3O. The third-order valence-corrected chi connectivity index (χ3v) is 3.06. The van der Waals surface area contributed by atoms with Crippen molar-refractivity contribution in [3.63, 3.8) is 0 Å². The normalized spacial score (nSPS) is 9.36. The quantitative estimate of drug-likeness (QED) is 0.873. The number of anilines is 1. The van der Waals surface area contributed by atoms with Crippen LogP contribution in [0.1, 0.15) is 28.5 Å². The predicted molar refractivity (Wildman–Crippen MR) is 95.2 cm³/mol. The molecule has 0 atom stereocenters. The van der Waals surface area contributed by atoms with Crippen LogP contribution in [-0.2, 0) is 6.54 Å². The van der Waals surface area contributed by atoms with Gasteiger partial charge in [0, 0.05) is 18.4 Å². The second-order valence-corrected chi connectivity index (χ2v) is 4.56. The number of nitrogens with one attached hydrogen (secondary N) is 2. The molecule has 0 unspecified atom stereocenters. The fraction of sp³-hybridized carbons (Fsp3) is 0.250. The highest BCUT2D eigenvalue weighted by Gasteiger charge is 2.11. The number of hydrogen-bond donors (Lipinski definition) is 2. The number of benzene rings is 1. The summed E-state index contributed by atoms with van der Waals surface area (Å²) in [5.41, 5.74) is 3.22. The molecule has 0 aliphatic heterocycles. The number of carbonyl (C=O) groups is 1. The van der Waals surface area contributed by atoms with Crippen LogP contribution in [0.15, 0.2) is 42.6 Å². The summed E-state index contributed by atoms with van der Waals surface area (Å²) in [6.07, 6.45) is 1.63. The monoisotopic (exact) mass is 341 g/mol. The average molecular weight is 342 g/mol. The molecule has 2 rings (SSSR count). The Morgan fingerprint density at radius 1 is 1.14 bits per heavy atom. The van der Waals surface area contributed by atoms with Gasteiger partial charge in [0.05, 0.1) is 0 Å². The van der Waals surface area contributed by atoms with Gasteiger partial charge >= 0.3 is 0 Å². The Balaban J connectivity index is 0.00000220. The number of nitrogens with zero attached hydrogens (tertiary/aromatic N) is 1. The first kappa shape index (κ1) is 20.4. The van der Waals surface area contributed by atoms with E-state index in [2.05, 4.69) is 22.5 Å². The summed E-state index contributed by atoms with van der Waals surface area (Å²) in [6, 6.07) is 11.5. The summed E-state index contributed by atoms with van der Waals surface area (Å²) in [5, 5.41) is 6.20. The SMILES string of the molecule is CCNCc1ccccc1NC(=O)c1ncccc1C.Cl.Cl. The molecular weight excluding hydrogens is 321 g/mol. The molecule has 1 aromatic carbocycles. The standard InChI is InChI=1S/C16H19N3O.2ClH/c1-3-17-11-13-8-4-5-9-14(13)19-16(20)15-12(2)7-6-10-18-15;;/h4-10,17H,3,11H2,1-2H3,(H,19,20);2*1H. The van der Waals surface area contributed by atoms with Crippen molar-refractivity contribution in [3.05, 3.63) is 59.4 Å². The minimum Gasteiger partial charge on any atom is -0.320 e. The van der Waals surface area contributed by atoms with E-state index in [1.165, 1.54) is 0 Å². The van der Waals surface area contributed by atoms with Crippen molar-refractivity contribution < 1.29 is 4.79 Å². The van der Waals surface area contributed by atoms with E-state index in [0.717, 1.165) is 29.9 Å². The summed E-state index contributed by atoms with van der Waals surface area (Å²) in [5.74, 6) is -0.174. The minimum absolute atomic E-state index is 0. The first-order valence-electron chi connectivity index (χ1n) is 6.74. The van der Waals surface area contributed by atoms with Gasteiger partial charge in [-0.2, -0.15) is 0 Å². The van der Waals surface area contributed by atoms with Crippen LogP contribution in [-0.4, -0.2) is 17.4 Å². The highest BCUT2D eigenvalue weighted by Crippen LogP contribution is 2.16. The van der Waals surface area contributed by atoms with Crippen LogP contribution in [0.3, 0.4) is 0 Å². The fourth-order valence-electron chi connectivity index (χ4n) is 1.96. The van der Waals surface area contributed by atoms with Crippen molar-refractivity contribution in [2.24, 2.45) is 0 Å². The van der Waals surface area contributed by atoms with Crippen molar-refractivity contribution in [1.29, 1.82) is 0 Å². The van der Waals surface area contributed by atoms with E-state index in [1.54, 1.807) is 6.20 Å². The smallest absolute Gasteiger partial charge is 0.274 e. The molecule has 120 valence electrons. The number of aryl methyl sites for hydroxylation is 1. The zero-order valence-corrected chi connectivity index (χ0v) is 14.3. The second kappa shape index (κ2) is 10.2. The summed E-state index contributed by atoms with van der Waals surface area (Å²) >= 11 is 0. The Labute approximate surface area is 143 Å². The van der Waals surface area contributed by atoms with Crippen molar-refractivity contribution >= 4 is 36.4 Å². The van der Waals surface area contributed by atoms with Gasteiger partial charge in [0.1, 0.15) is 5.69 Å². The van der Waals surface area contributed by atoms with Crippen LogP contribution in [0, 0.1) is 6.92 Å². The third kappa shape index (κ3) is 5.30. The Morgan fingerprint density at radius 2 is 1.86 bits per heavy atom. The van der Waals surface area contributed by atoms with Gasteiger partial charge in [0.15, 0.2) is 0 Å². The molecule has 0 bridgehead atoms. The summed E-state index contributed by atoms with van der Waals surface area (Å²) in [6.45, 7) is 5.56. The molecule has 0 saturated carbocycles. The van der Waals surface area contributed by atoms with Gasteiger partial charge in [-0.3, -0.25) is 9.78 Å². The van der Waals surface area contributed by atoms with Gasteiger partial charge in [-0.25, -0.2) is 0 Å². The van der Waals surface area contributed by atoms with E-state index in [1.807, 2.05) is 43.3 Å². The van der Waals surface area contributed by atoms with E-state index in [0.29, 0.717) is 5.69 Å². The van der Waals surface area contributed by atoms with Crippen LogP contribution in [0.2, 0.25) is 0 Å². The van der Waals surface area contributed by atoms with Crippen LogP contribution < -0.4 is 10.6 Å². The van der Waals surface area contributed by atoms with Gasteiger partial charge in [-0.05, 0) is 36.7 Å². The molecule has 22 heavy (non-hydrogen) atoms. The lowest BCUT2D eigenvalue weighted by molar-refractivity contribution is 0.102. The number of aromatic nitrogens is 1. The number of para-hydroxylation sites is 1. The molecule has 1 amide bonds. The number of carbonyl (C=O) groups excluding carboxylic acids is 1. The van der Waals surface area contributed by atoms with Gasteiger partial charge < -0.3 is 10.6 Å². The molecule has 2 N–H and O–H groups in total. The Hall–Kier alpha value is -1.62. The molecule has 2 aromatic rings. The molecule has 1 heterocycles. The predicted octanol–water partition coefficient (Wildman–Crippen LogP) is 3.60. The largest absolute Gasteiger partial charge is 0.320 e. The summed E-state index contributed by atoms with van der Waals surface area (Å²) in [7, 11) is 0. The molecule has 0 radical (unpaired) electrons. The first-order chi connectivity index (χ1) is 9.72. The lowest BCUT2D eigenvalue weighted by Crippen LogP contribution is -2.18. The summed E-state index contributed by atoms with van der Waals surface area (Å²) < 4.78 is 0. The van der Waals surface area contributed by atoms with E-state index < -0.39 is 0 Å². The van der Waals surface area contributed by atoms with Crippen LogP contribution in [0.5, 0.6) is 0 Å². The zero-order chi connectivity index (χ0) is 14.4. The molecule has 6 heteroatoms. The lowest BCUT2D eigenvalue weighted by atomic mass is 10.1. The van der Waals surface area contributed by atoms with Gasteiger partial charge in [-0.1, -0.05) is 31.2 Å². The van der Waals surface area contributed by atoms with Gasteiger partial charge in [-0.15, -0.1) is 24.8 Å².